The van der Waals surface area contributed by atoms with E-state index in [1.165, 1.54) is 13.4 Å². The van der Waals surface area contributed by atoms with Gasteiger partial charge in [0.25, 0.3) is 0 Å². The van der Waals surface area contributed by atoms with Crippen molar-refractivity contribution in [3.05, 3.63) is 17.6 Å². The molecular weight excluding hydrogens is 158 g/mol. The van der Waals surface area contributed by atoms with Gasteiger partial charge in [-0.15, -0.1) is 0 Å². The van der Waals surface area contributed by atoms with E-state index in [1.54, 1.807) is 0 Å². The van der Waals surface area contributed by atoms with Crippen LogP contribution in [-0.2, 0) is 6.54 Å². The third kappa shape index (κ3) is 1.69. The van der Waals surface area contributed by atoms with Gasteiger partial charge in [-0.05, 0) is 6.92 Å². The Morgan fingerprint density at radius 1 is 1.58 bits per heavy atom. The molecule has 0 bridgehead atoms. The second kappa shape index (κ2) is 3.99. The van der Waals surface area contributed by atoms with Gasteiger partial charge in [-0.25, -0.2) is 15.4 Å². The Bertz CT molecular complexity index is 265. The molecule has 0 spiro atoms. The average Bonchev–Trinajstić information content (AvgIpc) is 2.09. The summed E-state index contributed by atoms with van der Waals surface area (Å²) in [6.07, 6.45) is 1.43. The molecule has 0 radical (unpaired) electrons. The molecule has 0 unspecified atom stereocenters. The molecule has 5 nitrogen and oxygen atoms in total. The lowest BCUT2D eigenvalue weighted by molar-refractivity contribution is 0.159. The molecule has 0 aliphatic carbocycles. The molecule has 0 aliphatic rings. The topological polar surface area (TPSA) is 67.3 Å². The molecule has 0 saturated carbocycles. The summed E-state index contributed by atoms with van der Waals surface area (Å²) in [7, 11) is 1.53. The van der Waals surface area contributed by atoms with Crippen molar-refractivity contribution in [2.24, 2.45) is 0 Å². The molecule has 5 heteroatoms. The van der Waals surface area contributed by atoms with Crippen LogP contribution in [0.3, 0.4) is 0 Å². The number of nitrogens with zero attached hydrogens (tertiary/aromatic N) is 2. The van der Waals surface area contributed by atoms with Crippen molar-refractivity contribution in [3.63, 3.8) is 0 Å². The van der Waals surface area contributed by atoms with Crippen LogP contribution in [0.5, 0.6) is 5.88 Å². The molecule has 0 aromatic carbocycles. The molecule has 1 heterocycles. The Morgan fingerprint density at radius 3 is 2.92 bits per heavy atom. The molecule has 12 heavy (non-hydrogen) atoms. The SMILES string of the molecule is COc1ncnc(C)c1CNO. The lowest BCUT2D eigenvalue weighted by atomic mass is 10.2. The largest absolute Gasteiger partial charge is 0.481 e. The fraction of sp³-hybridized carbons (Fsp3) is 0.429. The van der Waals surface area contributed by atoms with Gasteiger partial charge in [0.2, 0.25) is 5.88 Å². The van der Waals surface area contributed by atoms with Crippen LogP contribution in [0.4, 0.5) is 0 Å². The van der Waals surface area contributed by atoms with Crippen molar-refractivity contribution >= 4 is 0 Å². The highest BCUT2D eigenvalue weighted by Gasteiger charge is 2.06. The normalized spacial score (nSPS) is 9.92. The number of aromatic nitrogens is 2. The van der Waals surface area contributed by atoms with Gasteiger partial charge in [0.05, 0.1) is 19.2 Å². The van der Waals surface area contributed by atoms with Gasteiger partial charge in [-0.2, -0.15) is 0 Å². The summed E-state index contributed by atoms with van der Waals surface area (Å²) < 4.78 is 4.98. The smallest absolute Gasteiger partial charge is 0.221 e. The van der Waals surface area contributed by atoms with E-state index in [-0.39, 0.29) is 6.54 Å². The molecule has 0 amide bonds. The van der Waals surface area contributed by atoms with Gasteiger partial charge in [0.15, 0.2) is 0 Å². The first kappa shape index (κ1) is 8.89. The van der Waals surface area contributed by atoms with E-state index in [9.17, 15) is 0 Å². The fourth-order valence-electron chi connectivity index (χ4n) is 0.937. The van der Waals surface area contributed by atoms with Gasteiger partial charge in [-0.3, -0.25) is 0 Å². The van der Waals surface area contributed by atoms with E-state index < -0.39 is 0 Å². The van der Waals surface area contributed by atoms with Crippen molar-refractivity contribution in [2.75, 3.05) is 7.11 Å². The van der Waals surface area contributed by atoms with Gasteiger partial charge in [-0.1, -0.05) is 0 Å². The Hall–Kier alpha value is -1.20. The molecule has 2 N–H and O–H groups in total. The standard InChI is InChI=1S/C7H11N3O2/c1-5-6(3-10-11)7(12-2)9-4-8-5/h4,10-11H,3H2,1-2H3. The van der Waals surface area contributed by atoms with Crippen molar-refractivity contribution in [1.82, 2.24) is 15.4 Å². The lowest BCUT2D eigenvalue weighted by Gasteiger charge is -2.07. The maximum Gasteiger partial charge on any atom is 0.221 e. The van der Waals surface area contributed by atoms with Crippen LogP contribution in [-0.4, -0.2) is 22.3 Å². The first-order chi connectivity index (χ1) is 5.79. The van der Waals surface area contributed by atoms with Crippen molar-refractivity contribution < 1.29 is 9.94 Å². The summed E-state index contributed by atoms with van der Waals surface area (Å²) >= 11 is 0. The van der Waals surface area contributed by atoms with Crippen molar-refractivity contribution in [1.29, 1.82) is 0 Å². The van der Waals surface area contributed by atoms with Gasteiger partial charge >= 0.3 is 0 Å². The second-order valence-corrected chi connectivity index (χ2v) is 2.28. The number of hydroxylamine groups is 1. The van der Waals surface area contributed by atoms with Crippen LogP contribution in [0, 0.1) is 6.92 Å². The minimum absolute atomic E-state index is 0.288. The van der Waals surface area contributed by atoms with E-state index in [0.29, 0.717) is 5.88 Å². The minimum atomic E-state index is 0.288. The predicted octanol–water partition coefficient (Wildman–Crippen LogP) is 0.272. The number of aryl methyl sites for hydroxylation is 1. The number of ether oxygens (including phenoxy) is 1. The molecule has 1 aromatic rings. The Labute approximate surface area is 70.4 Å². The third-order valence-corrected chi connectivity index (χ3v) is 1.57. The number of methoxy groups -OCH3 is 1. The van der Waals surface area contributed by atoms with Crippen molar-refractivity contribution in [3.8, 4) is 5.88 Å². The van der Waals surface area contributed by atoms with Gasteiger partial charge < -0.3 is 9.94 Å². The Kier molecular flexibility index (Phi) is 2.95. The zero-order valence-corrected chi connectivity index (χ0v) is 7.03. The summed E-state index contributed by atoms with van der Waals surface area (Å²) in [5.41, 5.74) is 3.60. The minimum Gasteiger partial charge on any atom is -0.481 e. The van der Waals surface area contributed by atoms with E-state index in [1.807, 2.05) is 12.4 Å². The van der Waals surface area contributed by atoms with Crippen LogP contribution in [0.1, 0.15) is 11.3 Å². The summed E-state index contributed by atoms with van der Waals surface area (Å²) in [5, 5.41) is 8.50. The Morgan fingerprint density at radius 2 is 2.33 bits per heavy atom. The number of nitrogens with one attached hydrogen (secondary N) is 1. The van der Waals surface area contributed by atoms with Crippen LogP contribution < -0.4 is 10.2 Å². The zero-order valence-electron chi connectivity index (χ0n) is 7.03. The quantitative estimate of drug-likeness (QED) is 0.636. The summed E-state index contributed by atoms with van der Waals surface area (Å²) in [5.74, 6) is 0.490. The molecule has 66 valence electrons. The second-order valence-electron chi connectivity index (χ2n) is 2.28. The predicted molar refractivity (Wildman–Crippen MR) is 41.9 cm³/mol. The van der Waals surface area contributed by atoms with Crippen LogP contribution >= 0.6 is 0 Å². The maximum atomic E-state index is 8.50. The zero-order chi connectivity index (χ0) is 8.97. The monoisotopic (exact) mass is 169 g/mol. The Balaban J connectivity index is 3.02. The first-order valence-corrected chi connectivity index (χ1v) is 3.51. The van der Waals surface area contributed by atoms with E-state index >= 15 is 0 Å². The molecule has 1 rings (SSSR count). The molecular formula is C7H11N3O2. The van der Waals surface area contributed by atoms with Crippen LogP contribution in [0.2, 0.25) is 0 Å². The van der Waals surface area contributed by atoms with Crippen LogP contribution in [0.15, 0.2) is 6.33 Å². The maximum absolute atomic E-state index is 8.50. The fourth-order valence-corrected chi connectivity index (χ4v) is 0.937. The molecule has 1 aromatic heterocycles. The third-order valence-electron chi connectivity index (χ3n) is 1.57. The highest BCUT2D eigenvalue weighted by molar-refractivity contribution is 5.28. The highest BCUT2D eigenvalue weighted by atomic mass is 16.5. The summed E-state index contributed by atoms with van der Waals surface area (Å²) in [4.78, 5) is 7.86. The van der Waals surface area contributed by atoms with Gasteiger partial charge in [0, 0.05) is 5.69 Å². The van der Waals surface area contributed by atoms with Crippen LogP contribution in [0.25, 0.3) is 0 Å². The number of hydrogen-bond acceptors (Lipinski definition) is 5. The lowest BCUT2D eigenvalue weighted by Crippen LogP contribution is -2.10. The molecule has 0 saturated heterocycles. The molecule has 0 fully saturated rings. The molecule has 0 atom stereocenters. The molecule has 0 aliphatic heterocycles. The van der Waals surface area contributed by atoms with Crippen molar-refractivity contribution in [2.45, 2.75) is 13.5 Å². The van der Waals surface area contributed by atoms with E-state index in [2.05, 4.69) is 9.97 Å². The van der Waals surface area contributed by atoms with E-state index in [0.717, 1.165) is 11.3 Å². The van der Waals surface area contributed by atoms with E-state index in [4.69, 9.17) is 9.94 Å². The summed E-state index contributed by atoms with van der Waals surface area (Å²) in [6.45, 7) is 2.12. The number of hydrogen-bond donors (Lipinski definition) is 2. The number of rotatable bonds is 3. The first-order valence-electron chi connectivity index (χ1n) is 3.51. The van der Waals surface area contributed by atoms with Gasteiger partial charge in [0.1, 0.15) is 6.33 Å². The average molecular weight is 169 g/mol. The summed E-state index contributed by atoms with van der Waals surface area (Å²) in [6, 6.07) is 0. The highest BCUT2D eigenvalue weighted by Crippen LogP contribution is 2.15.